The number of carbonyl (C=O) groups excluding carboxylic acids is 4. The van der Waals surface area contributed by atoms with Gasteiger partial charge in [-0.05, 0) is 25.0 Å². The summed E-state index contributed by atoms with van der Waals surface area (Å²) < 4.78 is 5.72. The molecule has 5 amide bonds. The second-order valence-corrected chi connectivity index (χ2v) is 7.39. The fraction of sp³-hybridized carbons (Fsp3) is 0.474. The minimum absolute atomic E-state index is 0.00697. The smallest absolute Gasteiger partial charge is 0.344 e. The normalized spacial score (nSPS) is 23.1. The van der Waals surface area contributed by atoms with E-state index in [1.54, 1.807) is 24.3 Å². The van der Waals surface area contributed by atoms with Crippen LogP contribution in [0.4, 0.5) is 10.5 Å². The number of hydrogen-bond acceptors (Lipinski definition) is 5. The number of carbonyl (C=O) groups is 4. The van der Waals surface area contributed by atoms with E-state index in [1.165, 1.54) is 11.8 Å². The number of nitrogens with one attached hydrogen (secondary N) is 2. The molecule has 2 N–H and O–H groups in total. The van der Waals surface area contributed by atoms with E-state index in [-0.39, 0.29) is 12.5 Å². The third kappa shape index (κ3) is 2.96. The minimum atomic E-state index is -1.04. The fourth-order valence-corrected chi connectivity index (χ4v) is 4.07. The largest absolute Gasteiger partial charge is 0.476 e. The number of para-hydroxylation sites is 2. The summed E-state index contributed by atoms with van der Waals surface area (Å²) in [5.41, 5.74) is 2.04. The van der Waals surface area contributed by atoms with Crippen molar-refractivity contribution in [1.82, 2.24) is 15.8 Å². The molecule has 2 heterocycles. The Morgan fingerprint density at radius 2 is 1.89 bits per heavy atom. The van der Waals surface area contributed by atoms with Crippen molar-refractivity contribution in [3.05, 3.63) is 24.3 Å². The number of ether oxygens (including phenoxy) is 1. The van der Waals surface area contributed by atoms with Crippen molar-refractivity contribution in [1.29, 1.82) is 0 Å². The Morgan fingerprint density at radius 3 is 2.61 bits per heavy atom. The van der Waals surface area contributed by atoms with E-state index in [1.807, 2.05) is 0 Å². The van der Waals surface area contributed by atoms with Crippen molar-refractivity contribution in [3.63, 3.8) is 0 Å². The number of hydrogen-bond donors (Lipinski definition) is 2. The molecule has 3 aliphatic rings. The summed E-state index contributed by atoms with van der Waals surface area (Å²) in [7, 11) is 0. The van der Waals surface area contributed by atoms with E-state index in [9.17, 15) is 19.2 Å². The van der Waals surface area contributed by atoms with Crippen molar-refractivity contribution < 1.29 is 23.9 Å². The Labute approximate surface area is 162 Å². The number of benzene rings is 1. The van der Waals surface area contributed by atoms with E-state index in [4.69, 9.17) is 4.74 Å². The number of nitrogens with zero attached hydrogens (tertiary/aromatic N) is 2. The highest BCUT2D eigenvalue weighted by Crippen LogP contribution is 2.34. The van der Waals surface area contributed by atoms with Crippen LogP contribution in [0.2, 0.25) is 0 Å². The summed E-state index contributed by atoms with van der Waals surface area (Å²) in [6, 6.07) is 6.27. The van der Waals surface area contributed by atoms with Crippen LogP contribution >= 0.6 is 0 Å². The number of imide groups is 1. The van der Waals surface area contributed by atoms with Crippen LogP contribution in [0.1, 0.15) is 39.0 Å². The zero-order valence-electron chi connectivity index (χ0n) is 15.6. The minimum Gasteiger partial charge on any atom is -0.476 e. The van der Waals surface area contributed by atoms with Gasteiger partial charge in [-0.2, -0.15) is 5.01 Å². The molecule has 1 aromatic rings. The van der Waals surface area contributed by atoms with Crippen molar-refractivity contribution in [3.8, 4) is 5.75 Å². The summed E-state index contributed by atoms with van der Waals surface area (Å²) in [4.78, 5) is 51.3. The number of hydrazine groups is 1. The first-order valence-electron chi connectivity index (χ1n) is 9.42. The molecule has 1 spiro atoms. The molecule has 28 heavy (non-hydrogen) atoms. The highest BCUT2D eigenvalue weighted by Gasteiger charge is 2.52. The molecule has 9 nitrogen and oxygen atoms in total. The first-order chi connectivity index (χ1) is 13.4. The highest BCUT2D eigenvalue weighted by atomic mass is 16.5. The first-order valence-corrected chi connectivity index (χ1v) is 9.42. The average Bonchev–Trinajstić information content (AvgIpc) is 2.91. The molecule has 1 saturated heterocycles. The summed E-state index contributed by atoms with van der Waals surface area (Å²) in [5, 5.41) is 3.48. The third-order valence-electron chi connectivity index (χ3n) is 5.54. The van der Waals surface area contributed by atoms with Gasteiger partial charge >= 0.3 is 6.03 Å². The van der Waals surface area contributed by atoms with E-state index >= 15 is 0 Å². The molecule has 0 radical (unpaired) electrons. The quantitative estimate of drug-likeness (QED) is 0.740. The number of anilines is 1. The summed E-state index contributed by atoms with van der Waals surface area (Å²) >= 11 is 0. The molecule has 9 heteroatoms. The molecule has 4 rings (SSSR count). The summed E-state index contributed by atoms with van der Waals surface area (Å²) in [6.45, 7) is 1.40. The molecular formula is C19H22N4O5. The maximum Gasteiger partial charge on any atom is 0.344 e. The fourth-order valence-electron chi connectivity index (χ4n) is 4.07. The predicted molar refractivity (Wildman–Crippen MR) is 98.2 cm³/mol. The van der Waals surface area contributed by atoms with E-state index in [0.29, 0.717) is 24.3 Å². The lowest BCUT2D eigenvalue weighted by molar-refractivity contribution is -0.142. The molecule has 2 aliphatic heterocycles. The van der Waals surface area contributed by atoms with Gasteiger partial charge in [0.1, 0.15) is 11.3 Å². The standard InChI is InChI=1S/C19H22N4O5/c1-12(24)22-11-15(28-14-8-4-3-7-13(14)22)16(25)21-23-17(26)19(20-18(23)27)9-5-2-6-10-19/h3-4,7-8,15H,2,5-6,9-11H2,1H3,(H,20,27)(H,21,25). The topological polar surface area (TPSA) is 108 Å². The van der Waals surface area contributed by atoms with Crippen LogP contribution in [-0.2, 0) is 14.4 Å². The van der Waals surface area contributed by atoms with Crippen LogP contribution in [0.15, 0.2) is 24.3 Å². The second kappa shape index (κ2) is 6.81. The Morgan fingerprint density at radius 1 is 1.18 bits per heavy atom. The Bertz CT molecular complexity index is 848. The lowest BCUT2D eigenvalue weighted by Crippen LogP contribution is -2.56. The van der Waals surface area contributed by atoms with Gasteiger partial charge in [-0.1, -0.05) is 31.4 Å². The van der Waals surface area contributed by atoms with Crippen LogP contribution < -0.4 is 20.4 Å². The Hall–Kier alpha value is -3.10. The monoisotopic (exact) mass is 386 g/mol. The van der Waals surface area contributed by atoms with Crippen LogP contribution in [0.5, 0.6) is 5.75 Å². The number of urea groups is 1. The molecule has 1 aromatic carbocycles. The van der Waals surface area contributed by atoms with Gasteiger partial charge in [0.05, 0.1) is 12.2 Å². The molecule has 2 fully saturated rings. The summed E-state index contributed by atoms with van der Waals surface area (Å²) in [5.74, 6) is -0.933. The molecule has 0 bridgehead atoms. The third-order valence-corrected chi connectivity index (χ3v) is 5.54. The van der Waals surface area contributed by atoms with Gasteiger partial charge in [-0.15, -0.1) is 0 Å². The van der Waals surface area contributed by atoms with E-state index < -0.39 is 29.5 Å². The highest BCUT2D eigenvalue weighted by molar-refractivity contribution is 6.08. The summed E-state index contributed by atoms with van der Waals surface area (Å²) in [6.07, 6.45) is 2.81. The van der Waals surface area contributed by atoms with Crippen LogP contribution in [0.25, 0.3) is 0 Å². The predicted octanol–water partition coefficient (Wildman–Crippen LogP) is 1.09. The van der Waals surface area contributed by atoms with Gasteiger partial charge in [-0.3, -0.25) is 19.8 Å². The van der Waals surface area contributed by atoms with Crippen LogP contribution in [0.3, 0.4) is 0 Å². The van der Waals surface area contributed by atoms with E-state index in [2.05, 4.69) is 10.7 Å². The molecule has 1 saturated carbocycles. The van der Waals surface area contributed by atoms with E-state index in [0.717, 1.165) is 24.3 Å². The van der Waals surface area contributed by atoms with Gasteiger partial charge in [0.25, 0.3) is 11.8 Å². The van der Waals surface area contributed by atoms with Gasteiger partial charge in [0.15, 0.2) is 6.10 Å². The van der Waals surface area contributed by atoms with Gasteiger partial charge in [0.2, 0.25) is 5.91 Å². The average molecular weight is 386 g/mol. The first kappa shape index (κ1) is 18.3. The van der Waals surface area contributed by atoms with Crippen LogP contribution in [0, 0.1) is 0 Å². The maximum absolute atomic E-state index is 12.8. The SMILES string of the molecule is CC(=O)N1CC(C(=O)NN2C(=O)NC3(CCCCC3)C2=O)Oc2ccccc21. The zero-order chi connectivity index (χ0) is 19.9. The second-order valence-electron chi connectivity index (χ2n) is 7.39. The number of rotatable bonds is 2. The molecule has 1 unspecified atom stereocenters. The van der Waals surface area contributed by atoms with Gasteiger partial charge in [0, 0.05) is 6.92 Å². The van der Waals surface area contributed by atoms with Crippen molar-refractivity contribution in [2.45, 2.75) is 50.7 Å². The van der Waals surface area contributed by atoms with Gasteiger partial charge in [-0.25, -0.2) is 4.79 Å². The molecular weight excluding hydrogens is 364 g/mol. The Kier molecular flexibility index (Phi) is 4.44. The van der Waals surface area contributed by atoms with Crippen molar-refractivity contribution >= 4 is 29.4 Å². The van der Waals surface area contributed by atoms with Crippen molar-refractivity contribution in [2.75, 3.05) is 11.4 Å². The molecule has 148 valence electrons. The lowest BCUT2D eigenvalue weighted by Gasteiger charge is -2.34. The lowest BCUT2D eigenvalue weighted by atomic mass is 9.82. The molecule has 1 aliphatic carbocycles. The van der Waals surface area contributed by atoms with Crippen molar-refractivity contribution in [2.24, 2.45) is 0 Å². The molecule has 0 aromatic heterocycles. The molecule has 1 atom stereocenters. The van der Waals surface area contributed by atoms with Gasteiger partial charge < -0.3 is 15.0 Å². The zero-order valence-corrected chi connectivity index (χ0v) is 15.6. The number of fused-ring (bicyclic) bond motifs is 1. The Balaban J connectivity index is 1.50. The number of amides is 5. The van der Waals surface area contributed by atoms with Crippen LogP contribution in [-0.4, -0.2) is 46.9 Å². The maximum atomic E-state index is 12.8.